The average Bonchev–Trinajstić information content (AvgIpc) is 3.41. The van der Waals surface area contributed by atoms with Gasteiger partial charge < -0.3 is 10.6 Å². The van der Waals surface area contributed by atoms with Crippen molar-refractivity contribution in [3.8, 4) is 0 Å². The smallest absolute Gasteiger partial charge is 0.240 e. The van der Waals surface area contributed by atoms with Gasteiger partial charge in [0.1, 0.15) is 5.41 Å². The molecule has 1 aliphatic rings. The van der Waals surface area contributed by atoms with Crippen LogP contribution in [0.3, 0.4) is 0 Å². The lowest BCUT2D eigenvalue weighted by Crippen LogP contribution is -2.35. The maximum atomic E-state index is 12.6. The normalized spacial score (nSPS) is 14.7. The van der Waals surface area contributed by atoms with Gasteiger partial charge in [0.05, 0.1) is 15.7 Å². The highest BCUT2D eigenvalue weighted by atomic mass is 35.5. The monoisotopic (exact) mass is 376 g/mol. The van der Waals surface area contributed by atoms with Gasteiger partial charge in [0.2, 0.25) is 11.8 Å². The molecule has 0 unspecified atom stereocenters. The van der Waals surface area contributed by atoms with E-state index in [4.69, 9.17) is 23.2 Å². The molecule has 2 aromatic carbocycles. The Morgan fingerprint density at radius 1 is 1.00 bits per heavy atom. The summed E-state index contributed by atoms with van der Waals surface area (Å²) in [4.78, 5) is 25.2. The fraction of sp³-hybridized carbons (Fsp3) is 0.263. The standard InChI is InChI=1S/C19H18Cl2N2O2/c1-2-12-6-8-13(9-7-12)22-17(24)19(10-11-19)18(25)23-15-5-3-4-14(20)16(15)21/h3-9H,2,10-11H2,1H3,(H,22,24)(H,23,25). The van der Waals surface area contributed by atoms with E-state index in [9.17, 15) is 9.59 Å². The summed E-state index contributed by atoms with van der Waals surface area (Å²) < 4.78 is 0. The van der Waals surface area contributed by atoms with E-state index >= 15 is 0 Å². The molecule has 0 aliphatic heterocycles. The lowest BCUT2D eigenvalue weighted by molar-refractivity contribution is -0.131. The predicted molar refractivity (Wildman–Crippen MR) is 101 cm³/mol. The van der Waals surface area contributed by atoms with Crippen LogP contribution in [-0.2, 0) is 16.0 Å². The number of hydrogen-bond donors (Lipinski definition) is 2. The molecule has 4 nitrogen and oxygen atoms in total. The van der Waals surface area contributed by atoms with Crippen molar-refractivity contribution in [1.29, 1.82) is 0 Å². The third kappa shape index (κ3) is 3.65. The number of halogens is 2. The van der Waals surface area contributed by atoms with Crippen molar-refractivity contribution in [1.82, 2.24) is 0 Å². The van der Waals surface area contributed by atoms with Crippen molar-refractivity contribution in [2.45, 2.75) is 26.2 Å². The second-order valence-corrected chi connectivity index (χ2v) is 6.93. The number of carbonyl (C=O) groups is 2. The number of hydrogen-bond acceptors (Lipinski definition) is 2. The molecule has 1 saturated carbocycles. The zero-order valence-corrected chi connectivity index (χ0v) is 15.2. The van der Waals surface area contributed by atoms with Crippen molar-refractivity contribution in [3.63, 3.8) is 0 Å². The van der Waals surface area contributed by atoms with Crippen molar-refractivity contribution < 1.29 is 9.59 Å². The molecule has 1 aliphatic carbocycles. The number of anilines is 2. The Labute approximate surface area is 156 Å². The molecule has 6 heteroatoms. The molecular formula is C19H18Cl2N2O2. The summed E-state index contributed by atoms with van der Waals surface area (Å²) >= 11 is 12.1. The van der Waals surface area contributed by atoms with E-state index in [2.05, 4.69) is 17.6 Å². The van der Waals surface area contributed by atoms with Crippen molar-refractivity contribution in [3.05, 3.63) is 58.1 Å². The zero-order valence-electron chi connectivity index (χ0n) is 13.7. The molecule has 1 fully saturated rings. The van der Waals surface area contributed by atoms with Crippen LogP contribution in [0.2, 0.25) is 10.0 Å². The van der Waals surface area contributed by atoms with E-state index < -0.39 is 5.41 Å². The first-order valence-corrected chi connectivity index (χ1v) is 8.88. The number of nitrogens with one attached hydrogen (secondary N) is 2. The molecule has 130 valence electrons. The summed E-state index contributed by atoms with van der Waals surface area (Å²) in [6, 6.07) is 12.6. The summed E-state index contributed by atoms with van der Waals surface area (Å²) in [5, 5.41) is 6.17. The molecule has 0 radical (unpaired) electrons. The maximum Gasteiger partial charge on any atom is 0.240 e. The maximum absolute atomic E-state index is 12.6. The second-order valence-electron chi connectivity index (χ2n) is 6.14. The molecule has 2 aromatic rings. The number of rotatable bonds is 5. The van der Waals surface area contributed by atoms with Gasteiger partial charge in [-0.25, -0.2) is 0 Å². The fourth-order valence-electron chi connectivity index (χ4n) is 2.60. The zero-order chi connectivity index (χ0) is 18.0. The Kier molecular flexibility index (Phi) is 5.02. The molecule has 0 atom stereocenters. The highest BCUT2D eigenvalue weighted by molar-refractivity contribution is 6.44. The lowest BCUT2D eigenvalue weighted by Gasteiger charge is -2.16. The molecule has 0 heterocycles. The van der Waals surface area contributed by atoms with Crippen LogP contribution < -0.4 is 10.6 Å². The summed E-state index contributed by atoms with van der Waals surface area (Å²) in [6.07, 6.45) is 1.95. The van der Waals surface area contributed by atoms with Crippen LogP contribution in [0.15, 0.2) is 42.5 Å². The predicted octanol–water partition coefficient (Wildman–Crippen LogP) is 4.91. The Balaban J connectivity index is 1.71. The van der Waals surface area contributed by atoms with Crippen molar-refractivity contribution in [2.24, 2.45) is 5.41 Å². The second kappa shape index (κ2) is 7.06. The molecule has 0 saturated heterocycles. The van der Waals surface area contributed by atoms with Gasteiger partial charge >= 0.3 is 0 Å². The molecule has 25 heavy (non-hydrogen) atoms. The first-order valence-electron chi connectivity index (χ1n) is 8.12. The van der Waals surface area contributed by atoms with E-state index in [1.54, 1.807) is 18.2 Å². The first-order chi connectivity index (χ1) is 12.0. The molecule has 2 amide bonds. The minimum absolute atomic E-state index is 0.267. The van der Waals surface area contributed by atoms with E-state index in [-0.39, 0.29) is 16.8 Å². The summed E-state index contributed by atoms with van der Waals surface area (Å²) in [7, 11) is 0. The third-order valence-electron chi connectivity index (χ3n) is 4.44. The number of carbonyl (C=O) groups excluding carboxylic acids is 2. The van der Waals surface area contributed by atoms with Crippen LogP contribution in [0.1, 0.15) is 25.3 Å². The molecule has 2 N–H and O–H groups in total. The molecule has 3 rings (SSSR count). The summed E-state index contributed by atoms with van der Waals surface area (Å²) in [6.45, 7) is 2.07. The van der Waals surface area contributed by atoms with Gasteiger partial charge in [-0.15, -0.1) is 0 Å². The highest BCUT2D eigenvalue weighted by Crippen LogP contribution is 2.48. The quantitative estimate of drug-likeness (QED) is 0.728. The molecule has 0 aromatic heterocycles. The largest absolute Gasteiger partial charge is 0.325 e. The van der Waals surface area contributed by atoms with Gasteiger partial charge in [0.15, 0.2) is 0 Å². The minimum Gasteiger partial charge on any atom is -0.325 e. The highest BCUT2D eigenvalue weighted by Gasteiger charge is 2.56. The Hall–Kier alpha value is -2.04. The van der Waals surface area contributed by atoms with Crippen molar-refractivity contribution in [2.75, 3.05) is 10.6 Å². The molecular weight excluding hydrogens is 359 g/mol. The Morgan fingerprint density at radius 2 is 1.64 bits per heavy atom. The lowest BCUT2D eigenvalue weighted by atomic mass is 10.0. The number of amides is 2. The first kappa shape index (κ1) is 17.8. The van der Waals surface area contributed by atoms with E-state index in [1.807, 2.05) is 24.3 Å². The SMILES string of the molecule is CCc1ccc(NC(=O)C2(C(=O)Nc3cccc(Cl)c3Cl)CC2)cc1. The number of aryl methyl sites for hydroxylation is 1. The van der Waals surface area contributed by atoms with Crippen LogP contribution in [-0.4, -0.2) is 11.8 Å². The van der Waals surface area contributed by atoms with Gasteiger partial charge in [-0.3, -0.25) is 9.59 Å². The van der Waals surface area contributed by atoms with Crippen LogP contribution in [0.4, 0.5) is 11.4 Å². The van der Waals surface area contributed by atoms with Gasteiger partial charge in [0, 0.05) is 5.69 Å². The third-order valence-corrected chi connectivity index (χ3v) is 5.26. The molecule has 0 spiro atoms. The fourth-order valence-corrected chi connectivity index (χ4v) is 2.95. The van der Waals surface area contributed by atoms with Gasteiger partial charge in [-0.1, -0.05) is 48.3 Å². The van der Waals surface area contributed by atoms with Crippen LogP contribution in [0, 0.1) is 5.41 Å². The van der Waals surface area contributed by atoms with Crippen LogP contribution in [0.5, 0.6) is 0 Å². The van der Waals surface area contributed by atoms with Crippen molar-refractivity contribution >= 4 is 46.4 Å². The van der Waals surface area contributed by atoms with Gasteiger partial charge in [-0.2, -0.15) is 0 Å². The Morgan fingerprint density at radius 3 is 2.24 bits per heavy atom. The summed E-state index contributed by atoms with van der Waals surface area (Å²) in [5.41, 5.74) is 1.23. The molecule has 0 bridgehead atoms. The number of benzene rings is 2. The van der Waals surface area contributed by atoms with Gasteiger partial charge in [-0.05, 0) is 49.1 Å². The Bertz CT molecular complexity index is 815. The average molecular weight is 377 g/mol. The minimum atomic E-state index is -1.05. The van der Waals surface area contributed by atoms with E-state index in [0.29, 0.717) is 29.2 Å². The summed E-state index contributed by atoms with van der Waals surface area (Å²) in [5.74, 6) is -0.660. The topological polar surface area (TPSA) is 58.2 Å². The van der Waals surface area contributed by atoms with E-state index in [1.165, 1.54) is 5.56 Å². The van der Waals surface area contributed by atoms with Crippen LogP contribution in [0.25, 0.3) is 0 Å². The van der Waals surface area contributed by atoms with E-state index in [0.717, 1.165) is 6.42 Å². The van der Waals surface area contributed by atoms with Crippen LogP contribution >= 0.6 is 23.2 Å². The van der Waals surface area contributed by atoms with Gasteiger partial charge in [0.25, 0.3) is 0 Å².